The third-order valence-corrected chi connectivity index (χ3v) is 4.64. The first-order valence-electron chi connectivity index (χ1n) is 6.22. The molecule has 0 N–H and O–H groups in total. The van der Waals surface area contributed by atoms with Crippen molar-refractivity contribution >= 4 is 10.0 Å². The van der Waals surface area contributed by atoms with Crippen molar-refractivity contribution in [1.82, 2.24) is 9.21 Å². The Morgan fingerprint density at radius 3 is 2.41 bits per heavy atom. The van der Waals surface area contributed by atoms with Crippen LogP contribution >= 0.6 is 0 Å². The van der Waals surface area contributed by atoms with Gasteiger partial charge in [0.15, 0.2) is 0 Å². The first kappa shape index (κ1) is 14.9. The van der Waals surface area contributed by atoms with Crippen molar-refractivity contribution in [2.45, 2.75) is 26.3 Å². The van der Waals surface area contributed by atoms with E-state index in [0.717, 1.165) is 39.3 Å². The number of sulfonamides is 1. The number of hydrogen-bond donors (Lipinski definition) is 0. The fraction of sp³-hybridized carbons (Fsp3) is 1.00. The number of hydrogen-bond acceptors (Lipinski definition) is 4. The second-order valence-corrected chi connectivity index (χ2v) is 6.52. The summed E-state index contributed by atoms with van der Waals surface area (Å²) in [6, 6.07) is 0.0750. The highest BCUT2D eigenvalue weighted by molar-refractivity contribution is 7.88. The van der Waals surface area contributed by atoms with E-state index in [1.807, 2.05) is 13.8 Å². The smallest absolute Gasteiger partial charge is 0.211 e. The lowest BCUT2D eigenvalue weighted by atomic mass is 10.2. The second kappa shape index (κ2) is 6.68. The lowest BCUT2D eigenvalue weighted by Gasteiger charge is -2.31. The van der Waals surface area contributed by atoms with E-state index >= 15 is 0 Å². The van der Waals surface area contributed by atoms with Crippen LogP contribution in [0.1, 0.15) is 20.3 Å². The van der Waals surface area contributed by atoms with Gasteiger partial charge in [-0.1, -0.05) is 6.92 Å². The first-order valence-corrected chi connectivity index (χ1v) is 8.07. The molecule has 1 unspecified atom stereocenters. The topological polar surface area (TPSA) is 49.9 Å². The van der Waals surface area contributed by atoms with Crippen molar-refractivity contribution in [3.63, 3.8) is 0 Å². The third kappa shape index (κ3) is 4.91. The van der Waals surface area contributed by atoms with Crippen LogP contribution < -0.4 is 0 Å². The first-order chi connectivity index (χ1) is 7.95. The maximum absolute atomic E-state index is 11.7. The Balaban J connectivity index is 2.49. The fourth-order valence-corrected chi connectivity index (χ4v) is 3.20. The van der Waals surface area contributed by atoms with Gasteiger partial charge < -0.3 is 4.74 Å². The Labute approximate surface area is 105 Å². The molecule has 0 aromatic carbocycles. The van der Waals surface area contributed by atoms with Gasteiger partial charge in [-0.05, 0) is 13.3 Å². The van der Waals surface area contributed by atoms with Gasteiger partial charge >= 0.3 is 0 Å². The molecule has 102 valence electrons. The molecule has 1 aliphatic heterocycles. The van der Waals surface area contributed by atoms with Crippen LogP contribution in [0, 0.1) is 0 Å². The Morgan fingerprint density at radius 2 is 1.94 bits per heavy atom. The molecule has 0 saturated carbocycles. The van der Waals surface area contributed by atoms with E-state index in [0.29, 0.717) is 6.54 Å². The minimum Gasteiger partial charge on any atom is -0.379 e. The lowest BCUT2D eigenvalue weighted by Crippen LogP contribution is -2.45. The molecule has 1 aliphatic rings. The maximum atomic E-state index is 11.7. The zero-order chi connectivity index (χ0) is 12.9. The predicted molar refractivity (Wildman–Crippen MR) is 68.6 cm³/mol. The monoisotopic (exact) mass is 264 g/mol. The maximum Gasteiger partial charge on any atom is 0.211 e. The number of nitrogens with zero attached hydrogens (tertiary/aromatic N) is 2. The van der Waals surface area contributed by atoms with Crippen molar-refractivity contribution in [2.24, 2.45) is 0 Å². The van der Waals surface area contributed by atoms with Crippen molar-refractivity contribution in [3.8, 4) is 0 Å². The summed E-state index contributed by atoms with van der Waals surface area (Å²) in [4.78, 5) is 2.25. The molecule has 0 bridgehead atoms. The van der Waals surface area contributed by atoms with Crippen LogP contribution in [-0.2, 0) is 14.8 Å². The summed E-state index contributed by atoms with van der Waals surface area (Å²) in [6.45, 7) is 8.65. The highest BCUT2D eigenvalue weighted by atomic mass is 32.2. The molecule has 5 nitrogen and oxygen atoms in total. The van der Waals surface area contributed by atoms with E-state index < -0.39 is 10.0 Å². The largest absolute Gasteiger partial charge is 0.379 e. The third-order valence-electron chi connectivity index (χ3n) is 3.25. The van der Waals surface area contributed by atoms with Crippen molar-refractivity contribution in [3.05, 3.63) is 0 Å². The van der Waals surface area contributed by atoms with Crippen LogP contribution in [0.15, 0.2) is 0 Å². The highest BCUT2D eigenvalue weighted by Gasteiger charge is 2.22. The molecule has 1 rings (SSSR count). The standard InChI is InChI=1S/C11H24N2O3S/c1-4-11(2)13(17(3,14)15)6-5-12-7-9-16-10-8-12/h11H,4-10H2,1-3H3. The molecular weight excluding hydrogens is 240 g/mol. The molecule has 6 heteroatoms. The lowest BCUT2D eigenvalue weighted by molar-refractivity contribution is 0.0354. The summed E-state index contributed by atoms with van der Waals surface area (Å²) in [5, 5.41) is 0. The van der Waals surface area contributed by atoms with E-state index in [9.17, 15) is 8.42 Å². The summed E-state index contributed by atoms with van der Waals surface area (Å²) in [5.41, 5.74) is 0. The molecule has 17 heavy (non-hydrogen) atoms. The van der Waals surface area contributed by atoms with Gasteiger partial charge in [0, 0.05) is 32.2 Å². The molecule has 0 aromatic heterocycles. The Morgan fingerprint density at radius 1 is 1.35 bits per heavy atom. The molecule has 0 spiro atoms. The number of morpholine rings is 1. The van der Waals surface area contributed by atoms with Crippen LogP contribution in [0.2, 0.25) is 0 Å². The molecule has 1 fully saturated rings. The second-order valence-electron chi connectivity index (χ2n) is 4.58. The molecule has 1 atom stereocenters. The van der Waals surface area contributed by atoms with Gasteiger partial charge in [0.2, 0.25) is 10.0 Å². The molecule has 1 heterocycles. The van der Waals surface area contributed by atoms with Gasteiger partial charge in [0.25, 0.3) is 0 Å². The molecular formula is C11H24N2O3S. The molecule has 0 aromatic rings. The van der Waals surface area contributed by atoms with Gasteiger partial charge in [-0.2, -0.15) is 4.31 Å². The van der Waals surface area contributed by atoms with Gasteiger partial charge in [-0.15, -0.1) is 0 Å². The summed E-state index contributed by atoms with van der Waals surface area (Å²) in [5.74, 6) is 0. The summed E-state index contributed by atoms with van der Waals surface area (Å²) in [6.07, 6.45) is 2.13. The summed E-state index contributed by atoms with van der Waals surface area (Å²) >= 11 is 0. The summed E-state index contributed by atoms with van der Waals surface area (Å²) in [7, 11) is -3.10. The van der Waals surface area contributed by atoms with Gasteiger partial charge in [-0.3, -0.25) is 4.90 Å². The molecule has 1 saturated heterocycles. The van der Waals surface area contributed by atoms with Crippen molar-refractivity contribution in [1.29, 1.82) is 0 Å². The van der Waals surface area contributed by atoms with E-state index in [1.165, 1.54) is 6.26 Å². The number of rotatable bonds is 6. The normalized spacial score (nSPS) is 20.7. The van der Waals surface area contributed by atoms with E-state index in [1.54, 1.807) is 4.31 Å². The molecule has 0 aliphatic carbocycles. The van der Waals surface area contributed by atoms with E-state index in [-0.39, 0.29) is 6.04 Å². The minimum absolute atomic E-state index is 0.0750. The van der Waals surface area contributed by atoms with E-state index in [2.05, 4.69) is 4.90 Å². The van der Waals surface area contributed by atoms with Gasteiger partial charge in [-0.25, -0.2) is 8.42 Å². The number of ether oxygens (including phenoxy) is 1. The van der Waals surface area contributed by atoms with Gasteiger partial charge in [0.1, 0.15) is 0 Å². The Hall–Kier alpha value is -0.170. The Bertz CT molecular complexity index is 313. The Kier molecular flexibility index (Phi) is 5.85. The van der Waals surface area contributed by atoms with Crippen LogP contribution in [-0.4, -0.2) is 69.3 Å². The van der Waals surface area contributed by atoms with Crippen LogP contribution in [0.25, 0.3) is 0 Å². The summed E-state index contributed by atoms with van der Waals surface area (Å²) < 4.78 is 30.2. The predicted octanol–water partition coefficient (Wildman–Crippen LogP) is 0.379. The van der Waals surface area contributed by atoms with Crippen LogP contribution in [0.3, 0.4) is 0 Å². The van der Waals surface area contributed by atoms with Crippen molar-refractivity contribution in [2.75, 3.05) is 45.6 Å². The van der Waals surface area contributed by atoms with Crippen molar-refractivity contribution < 1.29 is 13.2 Å². The zero-order valence-corrected chi connectivity index (χ0v) is 11.9. The highest BCUT2D eigenvalue weighted by Crippen LogP contribution is 2.09. The fourth-order valence-electron chi connectivity index (χ4n) is 1.98. The van der Waals surface area contributed by atoms with Gasteiger partial charge in [0.05, 0.1) is 19.5 Å². The quantitative estimate of drug-likeness (QED) is 0.696. The SMILES string of the molecule is CCC(C)N(CCN1CCOCC1)S(C)(=O)=O. The van der Waals surface area contributed by atoms with Crippen LogP contribution in [0.5, 0.6) is 0 Å². The molecule has 0 amide bonds. The zero-order valence-electron chi connectivity index (χ0n) is 11.1. The average Bonchev–Trinajstić information content (AvgIpc) is 2.28. The average molecular weight is 264 g/mol. The minimum atomic E-state index is -3.10. The van der Waals surface area contributed by atoms with E-state index in [4.69, 9.17) is 4.74 Å². The van der Waals surface area contributed by atoms with Crippen LogP contribution in [0.4, 0.5) is 0 Å². The molecule has 0 radical (unpaired) electrons.